The molecule has 1 aliphatic heterocycles. The Morgan fingerprint density at radius 2 is 1.71 bits per heavy atom. The van der Waals surface area contributed by atoms with E-state index < -0.39 is 29.0 Å². The smallest absolute Gasteiger partial charge is 0.388 e. The number of likely N-dealkylation sites (tertiary alicyclic amines) is 1. The van der Waals surface area contributed by atoms with Crippen LogP contribution >= 0.6 is 0 Å². The molecule has 0 saturated carbocycles. The van der Waals surface area contributed by atoms with Crippen LogP contribution in [0.5, 0.6) is 0 Å². The van der Waals surface area contributed by atoms with Gasteiger partial charge in [0, 0.05) is 30.6 Å². The van der Waals surface area contributed by atoms with Gasteiger partial charge in [-0.3, -0.25) is 4.90 Å². The molecule has 0 radical (unpaired) electrons. The van der Waals surface area contributed by atoms with E-state index >= 15 is 4.39 Å². The summed E-state index contributed by atoms with van der Waals surface area (Å²) in [6.45, 7) is 3.83. The maximum atomic E-state index is 15.4. The number of H-pyrrole nitrogens is 1. The summed E-state index contributed by atoms with van der Waals surface area (Å²) in [4.78, 5) is 13.5. The van der Waals surface area contributed by atoms with Crippen LogP contribution in [-0.4, -0.2) is 33.9 Å². The van der Waals surface area contributed by atoms with Gasteiger partial charge >= 0.3 is 5.76 Å². The molecular formula is C29H25F3N4O2. The predicted octanol–water partition coefficient (Wildman–Crippen LogP) is 5.73. The fraction of sp³-hybridized carbons (Fsp3) is 0.276. The predicted molar refractivity (Wildman–Crippen MR) is 135 cm³/mol. The lowest BCUT2D eigenvalue weighted by Gasteiger charge is -2.50. The van der Waals surface area contributed by atoms with E-state index in [2.05, 4.69) is 21.2 Å². The topological polar surface area (TPSA) is 85.9 Å². The Labute approximate surface area is 217 Å². The van der Waals surface area contributed by atoms with Crippen molar-refractivity contribution in [3.8, 4) is 17.5 Å². The number of nitrogens with one attached hydrogen (secondary N) is 1. The van der Waals surface area contributed by atoms with E-state index in [4.69, 9.17) is 4.42 Å². The summed E-state index contributed by atoms with van der Waals surface area (Å²) in [5.74, 6) is -2.83. The molecule has 3 aromatic carbocycles. The molecule has 0 aliphatic carbocycles. The number of alkyl halides is 1. The lowest BCUT2D eigenvalue weighted by atomic mass is 9.72. The van der Waals surface area contributed by atoms with Gasteiger partial charge in [-0.05, 0) is 72.9 Å². The van der Waals surface area contributed by atoms with Crippen LogP contribution < -0.4 is 5.76 Å². The van der Waals surface area contributed by atoms with Gasteiger partial charge in [0.1, 0.15) is 17.3 Å². The van der Waals surface area contributed by atoms with Gasteiger partial charge in [0.15, 0.2) is 0 Å². The molecule has 0 bridgehead atoms. The lowest BCUT2D eigenvalue weighted by molar-refractivity contribution is 0.00804. The first kappa shape index (κ1) is 25.5. The van der Waals surface area contributed by atoms with E-state index in [9.17, 15) is 18.8 Å². The van der Waals surface area contributed by atoms with Gasteiger partial charge < -0.3 is 4.42 Å². The van der Waals surface area contributed by atoms with E-state index in [1.807, 2.05) is 30.3 Å². The summed E-state index contributed by atoms with van der Waals surface area (Å²) in [5, 5.41) is 15.5. The van der Waals surface area contributed by atoms with Crippen molar-refractivity contribution in [3.63, 3.8) is 0 Å². The maximum absolute atomic E-state index is 15.4. The van der Waals surface area contributed by atoms with E-state index in [-0.39, 0.29) is 17.9 Å². The fourth-order valence-electron chi connectivity index (χ4n) is 5.51. The minimum Gasteiger partial charge on any atom is -0.388 e. The number of aromatic nitrogens is 2. The molecule has 1 fully saturated rings. The van der Waals surface area contributed by atoms with Crippen molar-refractivity contribution in [1.29, 1.82) is 5.26 Å². The Bertz CT molecular complexity index is 1520. The molecular weight excluding hydrogens is 493 g/mol. The second-order valence-corrected chi connectivity index (χ2v) is 10.1. The molecule has 38 heavy (non-hydrogen) atoms. The zero-order valence-corrected chi connectivity index (χ0v) is 20.8. The number of nitriles is 1. The van der Waals surface area contributed by atoms with Crippen LogP contribution in [0.25, 0.3) is 11.5 Å². The standard InChI is InChI=1S/C29H25F3N4O2/c1-29(2,32)25(21-11-23(30)13-24(31)12-21)22-15-36(16-22)26(20-5-3-4-17(10-20)14-33)18-6-8-19(9-7-18)27-34-35-28(37)38-27/h3-13,22,25-26H,15-16H2,1-2H3,(H,35,37)/t25-,26?/m1/s1. The van der Waals surface area contributed by atoms with Crippen molar-refractivity contribution in [2.45, 2.75) is 31.5 Å². The van der Waals surface area contributed by atoms with E-state index in [0.717, 1.165) is 17.2 Å². The summed E-state index contributed by atoms with van der Waals surface area (Å²) < 4.78 is 48.5. The number of halogens is 3. The van der Waals surface area contributed by atoms with Crippen LogP contribution in [0, 0.1) is 28.9 Å². The Kier molecular flexibility index (Phi) is 6.67. The molecule has 0 amide bonds. The first-order valence-corrected chi connectivity index (χ1v) is 12.2. The molecule has 9 heteroatoms. The van der Waals surface area contributed by atoms with Crippen LogP contribution in [-0.2, 0) is 0 Å². The second-order valence-electron chi connectivity index (χ2n) is 10.1. The van der Waals surface area contributed by atoms with Crippen molar-refractivity contribution >= 4 is 0 Å². The highest BCUT2D eigenvalue weighted by Crippen LogP contribution is 2.45. The van der Waals surface area contributed by atoms with Gasteiger partial charge in [-0.2, -0.15) is 5.26 Å². The molecule has 1 saturated heterocycles. The monoisotopic (exact) mass is 518 g/mol. The van der Waals surface area contributed by atoms with Gasteiger partial charge in [-0.15, -0.1) is 5.10 Å². The second kappa shape index (κ2) is 9.95. The Hall–Kier alpha value is -4.16. The van der Waals surface area contributed by atoms with Crippen molar-refractivity contribution in [2.75, 3.05) is 13.1 Å². The highest BCUT2D eigenvalue weighted by Gasteiger charge is 2.45. The van der Waals surface area contributed by atoms with Crippen molar-refractivity contribution in [2.24, 2.45) is 5.92 Å². The molecule has 2 atom stereocenters. The van der Waals surface area contributed by atoms with Crippen LogP contribution in [0.15, 0.2) is 75.9 Å². The molecule has 1 unspecified atom stereocenters. The first-order valence-electron chi connectivity index (χ1n) is 12.2. The van der Waals surface area contributed by atoms with E-state index in [1.54, 1.807) is 18.2 Å². The van der Waals surface area contributed by atoms with Gasteiger partial charge in [0.05, 0.1) is 17.7 Å². The summed E-state index contributed by atoms with van der Waals surface area (Å²) in [6.07, 6.45) is 0. The zero-order chi connectivity index (χ0) is 27.0. The largest absolute Gasteiger partial charge is 0.434 e. The molecule has 1 aliphatic rings. The zero-order valence-electron chi connectivity index (χ0n) is 20.8. The number of hydrogen-bond donors (Lipinski definition) is 1. The molecule has 2 heterocycles. The van der Waals surface area contributed by atoms with Gasteiger partial charge in [0.2, 0.25) is 5.89 Å². The third-order valence-electron chi connectivity index (χ3n) is 7.00. The van der Waals surface area contributed by atoms with Crippen LogP contribution in [0.4, 0.5) is 13.2 Å². The number of benzene rings is 3. The summed E-state index contributed by atoms with van der Waals surface area (Å²) in [6, 6.07) is 19.7. The molecule has 5 rings (SSSR count). The lowest BCUT2D eigenvalue weighted by Crippen LogP contribution is -2.53. The SMILES string of the molecule is CC(C)(F)[C@H](c1cc(F)cc(F)c1)C1CN(C(c2ccc(-c3n[nH]c(=O)o3)cc2)c2cccc(C#N)c2)C1. The third-order valence-corrected chi connectivity index (χ3v) is 7.00. The fourth-order valence-corrected chi connectivity index (χ4v) is 5.51. The van der Waals surface area contributed by atoms with Crippen LogP contribution in [0.1, 0.15) is 48.1 Å². The van der Waals surface area contributed by atoms with Gasteiger partial charge in [0.25, 0.3) is 0 Å². The molecule has 1 aromatic heterocycles. The van der Waals surface area contributed by atoms with Crippen LogP contribution in [0.2, 0.25) is 0 Å². The Balaban J connectivity index is 1.46. The van der Waals surface area contributed by atoms with E-state index in [0.29, 0.717) is 29.8 Å². The average Bonchev–Trinajstić information content (AvgIpc) is 3.28. The summed E-state index contributed by atoms with van der Waals surface area (Å²) in [5.41, 5.74) is 1.51. The Morgan fingerprint density at radius 3 is 2.29 bits per heavy atom. The van der Waals surface area contributed by atoms with Crippen molar-refractivity contribution in [3.05, 3.63) is 111 Å². The molecule has 0 spiro atoms. The van der Waals surface area contributed by atoms with Gasteiger partial charge in [-0.1, -0.05) is 24.3 Å². The Morgan fingerprint density at radius 1 is 1.03 bits per heavy atom. The molecule has 4 aromatic rings. The number of nitrogens with zero attached hydrogens (tertiary/aromatic N) is 3. The quantitative estimate of drug-likeness (QED) is 0.338. The first-order chi connectivity index (χ1) is 18.1. The number of hydrogen-bond acceptors (Lipinski definition) is 5. The third kappa shape index (κ3) is 5.13. The summed E-state index contributed by atoms with van der Waals surface area (Å²) in [7, 11) is 0. The van der Waals surface area contributed by atoms with E-state index in [1.165, 1.54) is 26.0 Å². The van der Waals surface area contributed by atoms with Crippen molar-refractivity contribution < 1.29 is 17.6 Å². The number of aromatic amines is 1. The minimum atomic E-state index is -1.71. The number of rotatable bonds is 7. The summed E-state index contributed by atoms with van der Waals surface area (Å²) >= 11 is 0. The van der Waals surface area contributed by atoms with Crippen molar-refractivity contribution in [1.82, 2.24) is 15.1 Å². The normalized spacial score (nSPS) is 16.0. The van der Waals surface area contributed by atoms with Crippen LogP contribution in [0.3, 0.4) is 0 Å². The van der Waals surface area contributed by atoms with Gasteiger partial charge in [-0.25, -0.2) is 23.1 Å². The minimum absolute atomic E-state index is 0.170. The molecule has 1 N–H and O–H groups in total. The highest BCUT2D eigenvalue weighted by molar-refractivity contribution is 5.54. The average molecular weight is 519 g/mol. The maximum Gasteiger partial charge on any atom is 0.434 e. The molecule has 6 nitrogen and oxygen atoms in total. The molecule has 194 valence electrons. The highest BCUT2D eigenvalue weighted by atomic mass is 19.1.